The first-order valence-corrected chi connectivity index (χ1v) is 6.50. The highest BCUT2D eigenvalue weighted by molar-refractivity contribution is 7.10. The Balaban J connectivity index is 2.69. The van der Waals surface area contributed by atoms with Gasteiger partial charge in [0.15, 0.2) is 6.04 Å². The maximum Gasteiger partial charge on any atom is 0.331 e. The molecule has 1 aromatic rings. The summed E-state index contributed by atoms with van der Waals surface area (Å²) in [6.07, 6.45) is 1.67. The van der Waals surface area contributed by atoms with Gasteiger partial charge < -0.3 is 10.4 Å². The maximum atomic E-state index is 11.8. The number of hydrogen-bond acceptors (Lipinski definition) is 3. The fourth-order valence-corrected chi connectivity index (χ4v) is 2.33. The van der Waals surface area contributed by atoms with Crippen LogP contribution in [0.25, 0.3) is 0 Å². The van der Waals surface area contributed by atoms with Gasteiger partial charge in [-0.3, -0.25) is 4.79 Å². The molecule has 1 amide bonds. The van der Waals surface area contributed by atoms with Crippen molar-refractivity contribution in [2.45, 2.75) is 32.7 Å². The number of carbonyl (C=O) groups excluding carboxylic acids is 1. The summed E-state index contributed by atoms with van der Waals surface area (Å²) in [7, 11) is 0. The van der Waals surface area contributed by atoms with Gasteiger partial charge in [0.2, 0.25) is 5.91 Å². The molecule has 0 aromatic carbocycles. The van der Waals surface area contributed by atoms with E-state index >= 15 is 0 Å². The van der Waals surface area contributed by atoms with Crippen LogP contribution in [0, 0.1) is 5.92 Å². The second-order valence-corrected chi connectivity index (χ2v) is 4.96. The van der Waals surface area contributed by atoms with Crippen molar-refractivity contribution in [2.75, 3.05) is 0 Å². The molecular formula is C12H17NO3S. The Labute approximate surface area is 105 Å². The Hall–Kier alpha value is -1.36. The minimum atomic E-state index is -1.02. The first-order valence-electron chi connectivity index (χ1n) is 5.62. The summed E-state index contributed by atoms with van der Waals surface area (Å²) >= 11 is 1.33. The van der Waals surface area contributed by atoms with E-state index in [1.165, 1.54) is 11.3 Å². The Morgan fingerprint density at radius 2 is 2.24 bits per heavy atom. The minimum Gasteiger partial charge on any atom is -0.479 e. The number of rotatable bonds is 6. The molecule has 0 saturated carbocycles. The van der Waals surface area contributed by atoms with Crippen LogP contribution in [0.15, 0.2) is 17.5 Å². The molecule has 0 fully saturated rings. The summed E-state index contributed by atoms with van der Waals surface area (Å²) in [5.41, 5.74) is 0. The predicted molar refractivity (Wildman–Crippen MR) is 66.9 cm³/mol. The summed E-state index contributed by atoms with van der Waals surface area (Å²) in [4.78, 5) is 23.5. The molecule has 1 rings (SSSR count). The number of carboxylic acid groups (broad SMARTS) is 1. The second-order valence-electron chi connectivity index (χ2n) is 3.98. The van der Waals surface area contributed by atoms with Gasteiger partial charge in [-0.2, -0.15) is 0 Å². The van der Waals surface area contributed by atoms with Crippen LogP contribution in [0.3, 0.4) is 0 Å². The van der Waals surface area contributed by atoms with Crippen LogP contribution in [0.2, 0.25) is 0 Å². The normalized spacial score (nSPS) is 14.0. The van der Waals surface area contributed by atoms with Crippen molar-refractivity contribution in [1.82, 2.24) is 5.32 Å². The lowest BCUT2D eigenvalue weighted by atomic mass is 10.0. The van der Waals surface area contributed by atoms with Crippen LogP contribution in [-0.2, 0) is 9.59 Å². The molecule has 17 heavy (non-hydrogen) atoms. The monoisotopic (exact) mass is 255 g/mol. The van der Waals surface area contributed by atoms with E-state index in [1.807, 2.05) is 13.8 Å². The van der Waals surface area contributed by atoms with Gasteiger partial charge in [0, 0.05) is 10.8 Å². The molecule has 0 bridgehead atoms. The standard InChI is InChI=1S/C12H17NO3S/c1-3-5-8(2)11(14)13-10(12(15)16)9-6-4-7-17-9/h4,6-8,10H,3,5H2,1-2H3,(H,13,14)(H,15,16). The topological polar surface area (TPSA) is 66.4 Å². The molecule has 0 saturated heterocycles. The van der Waals surface area contributed by atoms with Gasteiger partial charge in [-0.25, -0.2) is 4.79 Å². The summed E-state index contributed by atoms with van der Waals surface area (Å²) in [6, 6.07) is 2.56. The lowest BCUT2D eigenvalue weighted by Crippen LogP contribution is -2.36. The zero-order chi connectivity index (χ0) is 12.8. The first-order chi connectivity index (χ1) is 8.06. The van der Waals surface area contributed by atoms with E-state index in [9.17, 15) is 9.59 Å². The molecule has 5 heteroatoms. The predicted octanol–water partition coefficient (Wildman–Crippen LogP) is 2.43. The van der Waals surface area contributed by atoms with Gasteiger partial charge >= 0.3 is 5.97 Å². The molecule has 2 unspecified atom stereocenters. The SMILES string of the molecule is CCCC(C)C(=O)NC(C(=O)O)c1cccs1. The largest absolute Gasteiger partial charge is 0.479 e. The van der Waals surface area contributed by atoms with Gasteiger partial charge in [0.25, 0.3) is 0 Å². The summed E-state index contributed by atoms with van der Waals surface area (Å²) in [5.74, 6) is -1.38. The molecule has 0 aliphatic rings. The van der Waals surface area contributed by atoms with Crippen molar-refractivity contribution in [2.24, 2.45) is 5.92 Å². The molecule has 2 atom stereocenters. The minimum absolute atomic E-state index is 0.151. The Bertz CT molecular complexity index is 375. The molecule has 4 nitrogen and oxygen atoms in total. The fourth-order valence-electron chi connectivity index (χ4n) is 1.56. The van der Waals surface area contributed by atoms with Gasteiger partial charge in [-0.1, -0.05) is 26.3 Å². The molecular weight excluding hydrogens is 238 g/mol. The van der Waals surface area contributed by atoms with Crippen molar-refractivity contribution in [3.05, 3.63) is 22.4 Å². The van der Waals surface area contributed by atoms with Gasteiger partial charge in [-0.05, 0) is 17.9 Å². The Kier molecular flexibility index (Phi) is 5.15. The van der Waals surface area contributed by atoms with Crippen LogP contribution in [0.1, 0.15) is 37.6 Å². The van der Waals surface area contributed by atoms with Crippen LogP contribution < -0.4 is 5.32 Å². The van der Waals surface area contributed by atoms with E-state index in [1.54, 1.807) is 17.5 Å². The average Bonchev–Trinajstić information content (AvgIpc) is 2.78. The lowest BCUT2D eigenvalue weighted by molar-refractivity contribution is -0.142. The number of amides is 1. The van der Waals surface area contributed by atoms with Crippen LogP contribution >= 0.6 is 11.3 Å². The van der Waals surface area contributed by atoms with Crippen LogP contribution in [-0.4, -0.2) is 17.0 Å². The van der Waals surface area contributed by atoms with Crippen LogP contribution in [0.5, 0.6) is 0 Å². The van der Waals surface area contributed by atoms with Gasteiger partial charge in [-0.15, -0.1) is 11.3 Å². The van der Waals surface area contributed by atoms with E-state index in [4.69, 9.17) is 5.11 Å². The average molecular weight is 255 g/mol. The fraction of sp³-hybridized carbons (Fsp3) is 0.500. The highest BCUT2D eigenvalue weighted by Gasteiger charge is 2.24. The molecule has 94 valence electrons. The molecule has 0 spiro atoms. The summed E-state index contributed by atoms with van der Waals surface area (Å²) in [5, 5.41) is 13.5. The Morgan fingerprint density at radius 3 is 2.71 bits per heavy atom. The maximum absolute atomic E-state index is 11.8. The molecule has 0 aliphatic carbocycles. The second kappa shape index (κ2) is 6.39. The third-order valence-corrected chi connectivity index (χ3v) is 3.47. The van der Waals surface area contributed by atoms with Crippen molar-refractivity contribution in [1.29, 1.82) is 0 Å². The quantitative estimate of drug-likeness (QED) is 0.820. The highest BCUT2D eigenvalue weighted by atomic mass is 32.1. The number of carboxylic acids is 1. The number of hydrogen-bond donors (Lipinski definition) is 2. The number of thiophene rings is 1. The van der Waals surface area contributed by atoms with Crippen LogP contribution in [0.4, 0.5) is 0 Å². The third kappa shape index (κ3) is 3.85. The Morgan fingerprint density at radius 1 is 1.53 bits per heavy atom. The van der Waals surface area contributed by atoms with Gasteiger partial charge in [0.1, 0.15) is 0 Å². The van der Waals surface area contributed by atoms with Crippen molar-refractivity contribution < 1.29 is 14.7 Å². The van der Waals surface area contributed by atoms with E-state index in [2.05, 4.69) is 5.32 Å². The van der Waals surface area contributed by atoms with E-state index in [0.717, 1.165) is 12.8 Å². The third-order valence-electron chi connectivity index (χ3n) is 2.53. The van der Waals surface area contributed by atoms with Crippen molar-refractivity contribution in [3.8, 4) is 0 Å². The molecule has 0 aliphatic heterocycles. The van der Waals surface area contributed by atoms with Crippen molar-refractivity contribution in [3.63, 3.8) is 0 Å². The lowest BCUT2D eigenvalue weighted by Gasteiger charge is -2.16. The zero-order valence-electron chi connectivity index (χ0n) is 9.97. The number of carbonyl (C=O) groups is 2. The van der Waals surface area contributed by atoms with E-state index in [0.29, 0.717) is 4.88 Å². The molecule has 2 N–H and O–H groups in total. The summed E-state index contributed by atoms with van der Waals surface area (Å²) < 4.78 is 0. The van der Waals surface area contributed by atoms with E-state index < -0.39 is 12.0 Å². The van der Waals surface area contributed by atoms with Crippen molar-refractivity contribution >= 4 is 23.2 Å². The molecule has 1 aromatic heterocycles. The highest BCUT2D eigenvalue weighted by Crippen LogP contribution is 2.20. The molecule has 0 radical (unpaired) electrons. The number of aliphatic carboxylic acids is 1. The molecule has 1 heterocycles. The zero-order valence-corrected chi connectivity index (χ0v) is 10.8. The van der Waals surface area contributed by atoms with E-state index in [-0.39, 0.29) is 11.8 Å². The van der Waals surface area contributed by atoms with Gasteiger partial charge in [0.05, 0.1) is 0 Å². The number of nitrogens with one attached hydrogen (secondary N) is 1. The first kappa shape index (κ1) is 13.7. The smallest absolute Gasteiger partial charge is 0.331 e. The summed E-state index contributed by atoms with van der Waals surface area (Å²) in [6.45, 7) is 3.81.